The molecule has 35 heavy (non-hydrogen) atoms. The number of hydrogen-bond donors (Lipinski definition) is 0. The van der Waals surface area contributed by atoms with Crippen molar-refractivity contribution >= 4 is 29.1 Å². The summed E-state index contributed by atoms with van der Waals surface area (Å²) >= 11 is 1.22. The molecule has 0 radical (unpaired) electrons. The maximum absolute atomic E-state index is 13.6. The summed E-state index contributed by atoms with van der Waals surface area (Å²) in [6.45, 7) is 7.75. The number of nitro groups is 1. The Balaban J connectivity index is 1.92. The second-order valence-electron chi connectivity index (χ2n) is 8.48. The van der Waals surface area contributed by atoms with Crippen LogP contribution >= 0.6 is 11.3 Å². The van der Waals surface area contributed by atoms with E-state index >= 15 is 0 Å². The number of ether oxygens (including phenoxy) is 1. The molecule has 0 saturated heterocycles. The Morgan fingerprint density at radius 3 is 2.60 bits per heavy atom. The van der Waals surface area contributed by atoms with E-state index in [1.807, 2.05) is 24.3 Å². The van der Waals surface area contributed by atoms with Crippen LogP contribution in [-0.2, 0) is 9.53 Å². The van der Waals surface area contributed by atoms with Crippen molar-refractivity contribution in [2.45, 2.75) is 39.7 Å². The first kappa shape index (κ1) is 24.3. The number of nitro benzene ring substituents is 1. The summed E-state index contributed by atoms with van der Waals surface area (Å²) in [5.41, 5.74) is 2.64. The molecular weight excluding hydrogens is 466 g/mol. The highest BCUT2D eigenvalue weighted by Gasteiger charge is 2.34. The first-order chi connectivity index (χ1) is 16.7. The number of carbonyl (C=O) groups is 1. The predicted octanol–water partition coefficient (Wildman–Crippen LogP) is 3.83. The SMILES string of the molecule is CCOC(=O)C1=C(C)N=c2s/c(=C\c3ccc(C(C)C)cc3)c(=O)n2[C@@H]1c1cccc([N+](=O)[O-])c1. The van der Waals surface area contributed by atoms with Gasteiger partial charge in [-0.2, -0.15) is 0 Å². The molecule has 0 fully saturated rings. The molecule has 1 aliphatic rings. The number of rotatable bonds is 6. The smallest absolute Gasteiger partial charge is 0.338 e. The lowest BCUT2D eigenvalue weighted by Crippen LogP contribution is -2.40. The number of benzene rings is 2. The summed E-state index contributed by atoms with van der Waals surface area (Å²) in [7, 11) is 0. The minimum absolute atomic E-state index is 0.132. The number of thiazole rings is 1. The van der Waals surface area contributed by atoms with E-state index < -0.39 is 16.9 Å². The molecule has 0 aliphatic carbocycles. The van der Waals surface area contributed by atoms with Crippen molar-refractivity contribution in [1.82, 2.24) is 4.57 Å². The topological polar surface area (TPSA) is 104 Å². The van der Waals surface area contributed by atoms with Crippen LogP contribution in [0.25, 0.3) is 6.08 Å². The molecule has 1 atom stereocenters. The second kappa shape index (κ2) is 9.79. The summed E-state index contributed by atoms with van der Waals surface area (Å²) in [5, 5.41) is 11.4. The second-order valence-corrected chi connectivity index (χ2v) is 9.48. The molecular formula is C26H25N3O5S. The first-order valence-corrected chi connectivity index (χ1v) is 12.1. The fourth-order valence-corrected chi connectivity index (χ4v) is 5.09. The Hall–Kier alpha value is -3.85. The van der Waals surface area contributed by atoms with Crippen LogP contribution < -0.4 is 14.9 Å². The normalized spacial score (nSPS) is 15.7. The summed E-state index contributed by atoms with van der Waals surface area (Å²) in [6.07, 6.45) is 1.79. The number of aromatic nitrogens is 1. The maximum Gasteiger partial charge on any atom is 0.338 e. The van der Waals surface area contributed by atoms with E-state index in [2.05, 4.69) is 18.8 Å². The highest BCUT2D eigenvalue weighted by molar-refractivity contribution is 7.07. The van der Waals surface area contributed by atoms with E-state index in [4.69, 9.17) is 4.74 Å². The van der Waals surface area contributed by atoms with Crippen molar-refractivity contribution in [2.24, 2.45) is 4.99 Å². The monoisotopic (exact) mass is 491 g/mol. The van der Waals surface area contributed by atoms with Crippen molar-refractivity contribution in [3.63, 3.8) is 0 Å². The van der Waals surface area contributed by atoms with E-state index in [-0.39, 0.29) is 23.4 Å². The van der Waals surface area contributed by atoms with Gasteiger partial charge < -0.3 is 4.74 Å². The van der Waals surface area contributed by atoms with Crippen LogP contribution in [0.2, 0.25) is 0 Å². The Morgan fingerprint density at radius 1 is 1.26 bits per heavy atom. The molecule has 0 spiro atoms. The standard InChI is InChI=1S/C26H25N3O5S/c1-5-34-25(31)22-16(4)27-26-28(23(22)19-7-6-8-20(14-19)29(32)33)24(30)21(35-26)13-17-9-11-18(12-10-17)15(2)3/h6-15,23H,5H2,1-4H3/b21-13-/t23-/m1/s1. The number of carbonyl (C=O) groups excluding carboxylic acids is 1. The molecule has 0 bridgehead atoms. The number of fused-ring (bicyclic) bond motifs is 1. The average Bonchev–Trinajstić information content (AvgIpc) is 3.13. The fraction of sp³-hybridized carbons (Fsp3) is 0.269. The Morgan fingerprint density at radius 2 is 1.97 bits per heavy atom. The molecule has 0 amide bonds. The lowest BCUT2D eigenvalue weighted by molar-refractivity contribution is -0.384. The quantitative estimate of drug-likeness (QED) is 0.296. The summed E-state index contributed by atoms with van der Waals surface area (Å²) in [4.78, 5) is 42.4. The third kappa shape index (κ3) is 4.72. The minimum Gasteiger partial charge on any atom is -0.463 e. The molecule has 8 nitrogen and oxygen atoms in total. The zero-order chi connectivity index (χ0) is 25.3. The maximum atomic E-state index is 13.6. The van der Waals surface area contributed by atoms with Crippen molar-refractivity contribution in [3.05, 3.63) is 106 Å². The number of nitrogens with zero attached hydrogens (tertiary/aromatic N) is 3. The van der Waals surface area contributed by atoms with Gasteiger partial charge in [-0.25, -0.2) is 9.79 Å². The molecule has 1 aliphatic heterocycles. The minimum atomic E-state index is -0.893. The first-order valence-electron chi connectivity index (χ1n) is 11.2. The van der Waals surface area contributed by atoms with Crippen molar-refractivity contribution in [2.75, 3.05) is 6.61 Å². The third-order valence-electron chi connectivity index (χ3n) is 5.81. The predicted molar refractivity (Wildman–Crippen MR) is 134 cm³/mol. The van der Waals surface area contributed by atoms with E-state index in [1.54, 1.807) is 26.0 Å². The van der Waals surface area contributed by atoms with Gasteiger partial charge in [0.15, 0.2) is 4.80 Å². The molecule has 0 saturated carbocycles. The molecule has 2 aromatic carbocycles. The third-order valence-corrected chi connectivity index (χ3v) is 6.80. The largest absolute Gasteiger partial charge is 0.463 e. The van der Waals surface area contributed by atoms with Crippen LogP contribution in [0.15, 0.2) is 69.6 Å². The fourth-order valence-electron chi connectivity index (χ4n) is 4.04. The molecule has 0 N–H and O–H groups in total. The van der Waals surface area contributed by atoms with E-state index in [0.29, 0.717) is 26.5 Å². The zero-order valence-electron chi connectivity index (χ0n) is 19.8. The van der Waals surface area contributed by atoms with Gasteiger partial charge in [-0.3, -0.25) is 19.5 Å². The summed E-state index contributed by atoms with van der Waals surface area (Å²) in [6, 6.07) is 13.0. The van der Waals surface area contributed by atoms with Crippen LogP contribution in [0.4, 0.5) is 5.69 Å². The number of hydrogen-bond acceptors (Lipinski definition) is 7. The molecule has 3 aromatic rings. The van der Waals surface area contributed by atoms with Crippen LogP contribution in [-0.4, -0.2) is 22.1 Å². The van der Waals surface area contributed by atoms with Crippen LogP contribution in [0, 0.1) is 10.1 Å². The van der Waals surface area contributed by atoms with Gasteiger partial charge >= 0.3 is 5.97 Å². The molecule has 180 valence electrons. The van der Waals surface area contributed by atoms with Crippen molar-refractivity contribution in [3.8, 4) is 0 Å². The van der Waals surface area contributed by atoms with Gasteiger partial charge in [-0.1, -0.05) is 61.6 Å². The molecule has 4 rings (SSSR count). The van der Waals surface area contributed by atoms with Gasteiger partial charge in [0.2, 0.25) is 0 Å². The Bertz CT molecular complexity index is 1510. The van der Waals surface area contributed by atoms with Gasteiger partial charge in [-0.15, -0.1) is 0 Å². The number of allylic oxidation sites excluding steroid dienone is 1. The van der Waals surface area contributed by atoms with E-state index in [9.17, 15) is 19.7 Å². The highest BCUT2D eigenvalue weighted by atomic mass is 32.1. The molecule has 9 heteroatoms. The Labute approximate surface area is 205 Å². The van der Waals surface area contributed by atoms with Crippen molar-refractivity contribution in [1.29, 1.82) is 0 Å². The highest BCUT2D eigenvalue weighted by Crippen LogP contribution is 2.32. The van der Waals surface area contributed by atoms with Gasteiger partial charge in [0.1, 0.15) is 0 Å². The van der Waals surface area contributed by atoms with E-state index in [1.165, 1.54) is 39.7 Å². The van der Waals surface area contributed by atoms with Crippen LogP contribution in [0.5, 0.6) is 0 Å². The van der Waals surface area contributed by atoms with E-state index in [0.717, 1.165) is 5.56 Å². The van der Waals surface area contributed by atoms with Gasteiger partial charge in [0.25, 0.3) is 11.2 Å². The molecule has 1 aromatic heterocycles. The number of esters is 1. The van der Waals surface area contributed by atoms with Gasteiger partial charge in [-0.05, 0) is 42.5 Å². The lowest BCUT2D eigenvalue weighted by Gasteiger charge is -2.24. The summed E-state index contributed by atoms with van der Waals surface area (Å²) < 4.78 is 7.14. The van der Waals surface area contributed by atoms with Gasteiger partial charge in [0.05, 0.1) is 33.4 Å². The summed E-state index contributed by atoms with van der Waals surface area (Å²) in [5.74, 6) is -0.211. The number of non-ortho nitro benzene ring substituents is 1. The van der Waals surface area contributed by atoms with Crippen LogP contribution in [0.1, 0.15) is 56.3 Å². The average molecular weight is 492 g/mol. The molecule has 0 unspecified atom stereocenters. The van der Waals surface area contributed by atoms with Crippen molar-refractivity contribution < 1.29 is 14.5 Å². The molecule has 2 heterocycles. The Kier molecular flexibility index (Phi) is 6.79. The zero-order valence-corrected chi connectivity index (χ0v) is 20.7. The van der Waals surface area contributed by atoms with Crippen LogP contribution in [0.3, 0.4) is 0 Å². The lowest BCUT2D eigenvalue weighted by atomic mass is 9.95. The van der Waals surface area contributed by atoms with Gasteiger partial charge in [0, 0.05) is 12.1 Å².